The summed E-state index contributed by atoms with van der Waals surface area (Å²) in [6, 6.07) is 0. The zero-order chi connectivity index (χ0) is 11.1. The van der Waals surface area contributed by atoms with Crippen LogP contribution in [0.25, 0.3) is 0 Å². The zero-order valence-corrected chi connectivity index (χ0v) is 10.1. The van der Waals surface area contributed by atoms with Crippen LogP contribution in [-0.2, 0) is 4.79 Å². The van der Waals surface area contributed by atoms with E-state index in [1.54, 1.807) is 0 Å². The molecule has 0 aliphatic carbocycles. The molecule has 0 atom stereocenters. The van der Waals surface area contributed by atoms with Crippen LogP contribution in [0.5, 0.6) is 0 Å². The highest BCUT2D eigenvalue weighted by Gasteiger charge is 2.21. The van der Waals surface area contributed by atoms with Gasteiger partial charge in [0.05, 0.1) is 0 Å². The highest BCUT2D eigenvalue weighted by Crippen LogP contribution is 2.20. The molecule has 3 heteroatoms. The number of hydrogen-bond donors (Lipinski definition) is 1. The molecule has 1 amide bonds. The Morgan fingerprint density at radius 1 is 1.40 bits per heavy atom. The molecule has 0 aromatic heterocycles. The number of nitrogens with one attached hydrogen (secondary N) is 1. The topological polar surface area (TPSA) is 32.3 Å². The van der Waals surface area contributed by atoms with Gasteiger partial charge in [0.15, 0.2) is 0 Å². The predicted molar refractivity (Wildman–Crippen MR) is 62.8 cm³/mol. The van der Waals surface area contributed by atoms with Gasteiger partial charge in [-0.1, -0.05) is 6.92 Å². The van der Waals surface area contributed by atoms with Crippen LogP contribution in [-0.4, -0.2) is 37.5 Å². The van der Waals surface area contributed by atoms with Crippen LogP contribution in [0.4, 0.5) is 0 Å². The van der Waals surface area contributed by atoms with Gasteiger partial charge in [0.25, 0.3) is 0 Å². The van der Waals surface area contributed by atoms with E-state index in [1.165, 1.54) is 19.3 Å². The molecular weight excluding hydrogens is 188 g/mol. The van der Waals surface area contributed by atoms with E-state index in [4.69, 9.17) is 0 Å². The van der Waals surface area contributed by atoms with Crippen molar-refractivity contribution in [1.82, 2.24) is 10.2 Å². The summed E-state index contributed by atoms with van der Waals surface area (Å²) in [6.07, 6.45) is 5.33. The van der Waals surface area contributed by atoms with Crippen molar-refractivity contribution in [1.29, 1.82) is 0 Å². The van der Waals surface area contributed by atoms with E-state index >= 15 is 0 Å². The van der Waals surface area contributed by atoms with Gasteiger partial charge in [-0.05, 0) is 45.2 Å². The fourth-order valence-corrected chi connectivity index (χ4v) is 2.19. The maximum Gasteiger partial charge on any atom is 0.222 e. The Hall–Kier alpha value is -0.570. The van der Waals surface area contributed by atoms with Gasteiger partial charge in [0, 0.05) is 19.5 Å². The Morgan fingerprint density at radius 3 is 2.60 bits per heavy atom. The quantitative estimate of drug-likeness (QED) is 0.751. The summed E-state index contributed by atoms with van der Waals surface area (Å²) in [5.41, 5.74) is 0. The molecule has 0 aromatic carbocycles. The molecule has 0 saturated carbocycles. The van der Waals surface area contributed by atoms with E-state index in [9.17, 15) is 4.79 Å². The molecule has 15 heavy (non-hydrogen) atoms. The maximum absolute atomic E-state index is 11.6. The average molecular weight is 212 g/mol. The Balaban J connectivity index is 2.20. The predicted octanol–water partition coefficient (Wildman–Crippen LogP) is 1.63. The minimum absolute atomic E-state index is 0.351. The SMILES string of the molecule is CCCC(=O)N1CCC(CCNC)CC1. The number of rotatable bonds is 5. The fraction of sp³-hybridized carbons (Fsp3) is 0.917. The molecule has 0 bridgehead atoms. The molecule has 1 heterocycles. The van der Waals surface area contributed by atoms with Gasteiger partial charge < -0.3 is 10.2 Å². The first-order valence-electron chi connectivity index (χ1n) is 6.20. The van der Waals surface area contributed by atoms with Gasteiger partial charge in [0.2, 0.25) is 5.91 Å². The molecule has 88 valence electrons. The zero-order valence-electron chi connectivity index (χ0n) is 10.1. The van der Waals surface area contributed by atoms with Gasteiger partial charge in [-0.3, -0.25) is 4.79 Å². The molecule has 1 fully saturated rings. The third-order valence-corrected chi connectivity index (χ3v) is 3.23. The summed E-state index contributed by atoms with van der Waals surface area (Å²) < 4.78 is 0. The third-order valence-electron chi connectivity index (χ3n) is 3.23. The van der Waals surface area contributed by atoms with Crippen molar-refractivity contribution in [2.75, 3.05) is 26.7 Å². The highest BCUT2D eigenvalue weighted by molar-refractivity contribution is 5.76. The van der Waals surface area contributed by atoms with Crippen molar-refractivity contribution in [3.63, 3.8) is 0 Å². The minimum Gasteiger partial charge on any atom is -0.343 e. The summed E-state index contributed by atoms with van der Waals surface area (Å²) in [6.45, 7) is 5.13. The number of carbonyl (C=O) groups is 1. The van der Waals surface area contributed by atoms with E-state index in [1.807, 2.05) is 11.9 Å². The van der Waals surface area contributed by atoms with Crippen molar-refractivity contribution < 1.29 is 4.79 Å². The molecule has 0 unspecified atom stereocenters. The van der Waals surface area contributed by atoms with Crippen molar-refractivity contribution >= 4 is 5.91 Å². The normalized spacial score (nSPS) is 18.1. The van der Waals surface area contributed by atoms with Crippen molar-refractivity contribution in [3.05, 3.63) is 0 Å². The van der Waals surface area contributed by atoms with E-state index in [-0.39, 0.29) is 0 Å². The average Bonchev–Trinajstić information content (AvgIpc) is 2.27. The van der Waals surface area contributed by atoms with Crippen LogP contribution in [0.2, 0.25) is 0 Å². The Bertz CT molecular complexity index is 186. The molecule has 1 saturated heterocycles. The Kier molecular flexibility index (Phi) is 5.69. The summed E-state index contributed by atoms with van der Waals surface area (Å²) in [4.78, 5) is 13.7. The lowest BCUT2D eigenvalue weighted by Gasteiger charge is -2.32. The van der Waals surface area contributed by atoms with Crippen molar-refractivity contribution in [3.8, 4) is 0 Å². The van der Waals surface area contributed by atoms with E-state index in [0.717, 1.165) is 38.4 Å². The molecule has 1 N–H and O–H groups in total. The van der Waals surface area contributed by atoms with E-state index in [2.05, 4.69) is 12.2 Å². The first-order valence-corrected chi connectivity index (χ1v) is 6.20. The lowest BCUT2D eigenvalue weighted by Crippen LogP contribution is -2.38. The second-order valence-electron chi connectivity index (χ2n) is 4.47. The molecule has 0 aromatic rings. The highest BCUT2D eigenvalue weighted by atomic mass is 16.2. The lowest BCUT2D eigenvalue weighted by atomic mass is 9.93. The maximum atomic E-state index is 11.6. The molecule has 3 nitrogen and oxygen atoms in total. The van der Waals surface area contributed by atoms with Crippen LogP contribution in [0.3, 0.4) is 0 Å². The number of nitrogens with zero attached hydrogens (tertiary/aromatic N) is 1. The van der Waals surface area contributed by atoms with Gasteiger partial charge >= 0.3 is 0 Å². The summed E-state index contributed by atoms with van der Waals surface area (Å²) >= 11 is 0. The van der Waals surface area contributed by atoms with Crippen LogP contribution in [0.1, 0.15) is 39.0 Å². The number of hydrogen-bond acceptors (Lipinski definition) is 2. The monoisotopic (exact) mass is 212 g/mol. The Labute approximate surface area is 93.2 Å². The first-order chi connectivity index (χ1) is 7.27. The summed E-state index contributed by atoms with van der Waals surface area (Å²) in [5, 5.41) is 3.19. The number of amides is 1. The Morgan fingerprint density at radius 2 is 2.07 bits per heavy atom. The molecule has 0 radical (unpaired) electrons. The van der Waals surface area contributed by atoms with Crippen LogP contribution < -0.4 is 5.32 Å². The van der Waals surface area contributed by atoms with Crippen LogP contribution in [0, 0.1) is 5.92 Å². The van der Waals surface area contributed by atoms with Gasteiger partial charge in [-0.15, -0.1) is 0 Å². The third kappa shape index (κ3) is 4.20. The summed E-state index contributed by atoms with van der Waals surface area (Å²) in [5.74, 6) is 1.17. The molecule has 0 spiro atoms. The fourth-order valence-electron chi connectivity index (χ4n) is 2.19. The molecule has 1 aliphatic rings. The smallest absolute Gasteiger partial charge is 0.222 e. The lowest BCUT2D eigenvalue weighted by molar-refractivity contribution is -0.132. The molecular formula is C12H24N2O. The van der Waals surface area contributed by atoms with Crippen LogP contribution in [0.15, 0.2) is 0 Å². The van der Waals surface area contributed by atoms with Gasteiger partial charge in [-0.25, -0.2) is 0 Å². The summed E-state index contributed by atoms with van der Waals surface area (Å²) in [7, 11) is 2.00. The number of piperidine rings is 1. The van der Waals surface area contributed by atoms with E-state index in [0.29, 0.717) is 5.91 Å². The van der Waals surface area contributed by atoms with Crippen LogP contribution >= 0.6 is 0 Å². The molecule has 1 rings (SSSR count). The van der Waals surface area contributed by atoms with Gasteiger partial charge in [-0.2, -0.15) is 0 Å². The largest absolute Gasteiger partial charge is 0.343 e. The second-order valence-corrected chi connectivity index (χ2v) is 4.47. The standard InChI is InChI=1S/C12H24N2O/c1-3-4-12(15)14-9-6-11(7-10-14)5-8-13-2/h11,13H,3-10H2,1-2H3. The first kappa shape index (κ1) is 12.5. The van der Waals surface area contributed by atoms with Crippen molar-refractivity contribution in [2.45, 2.75) is 39.0 Å². The van der Waals surface area contributed by atoms with Gasteiger partial charge in [0.1, 0.15) is 0 Å². The van der Waals surface area contributed by atoms with E-state index < -0.39 is 0 Å². The number of carbonyl (C=O) groups excluding carboxylic acids is 1. The second kappa shape index (κ2) is 6.83. The van der Waals surface area contributed by atoms with Crippen molar-refractivity contribution in [2.24, 2.45) is 5.92 Å². The number of likely N-dealkylation sites (tertiary alicyclic amines) is 1. The molecule has 1 aliphatic heterocycles. The minimum atomic E-state index is 0.351.